The molecule has 1 aliphatic carbocycles. The summed E-state index contributed by atoms with van der Waals surface area (Å²) in [5, 5.41) is 30.9. The van der Waals surface area contributed by atoms with E-state index in [1.165, 1.54) is 65.0 Å². The highest BCUT2D eigenvalue weighted by Crippen LogP contribution is 2.63. The van der Waals surface area contributed by atoms with Crippen molar-refractivity contribution in [1.29, 1.82) is 0 Å². The molecule has 16 nitrogen and oxygen atoms in total. The number of rotatable bonds is 30. The highest BCUT2D eigenvalue weighted by atomic mass is 31.2. The zero-order chi connectivity index (χ0) is 43.6. The zero-order valence-electron chi connectivity index (χ0n) is 36.4. The van der Waals surface area contributed by atoms with E-state index in [1.807, 2.05) is 27.7 Å². The Morgan fingerprint density at radius 3 is 1.95 bits per heavy atom. The van der Waals surface area contributed by atoms with Crippen molar-refractivity contribution < 1.29 is 47.9 Å². The molecule has 0 radical (unpaired) electrons. The van der Waals surface area contributed by atoms with Gasteiger partial charge in [0, 0.05) is 19.0 Å². The molecule has 1 saturated heterocycles. The van der Waals surface area contributed by atoms with Crippen molar-refractivity contribution in [2.75, 3.05) is 26.1 Å². The molecule has 6 atom stereocenters. The first-order valence-electron chi connectivity index (χ1n) is 21.6. The highest BCUT2D eigenvalue weighted by molar-refractivity contribution is 7.54. The molecule has 1 saturated carbocycles. The maximum atomic E-state index is 14.4. The fourth-order valence-electron chi connectivity index (χ4n) is 7.63. The van der Waals surface area contributed by atoms with Crippen molar-refractivity contribution >= 4 is 31.3 Å². The number of aliphatic hydroxyl groups excluding tert-OH is 1. The van der Waals surface area contributed by atoms with Gasteiger partial charge in [0.15, 0.2) is 5.79 Å². The number of amides is 1. The minimum Gasteiger partial charge on any atom is -0.468 e. The van der Waals surface area contributed by atoms with E-state index in [2.05, 4.69) is 39.6 Å². The molecule has 336 valence electrons. The predicted molar refractivity (Wildman–Crippen MR) is 225 cm³/mol. The van der Waals surface area contributed by atoms with Crippen molar-refractivity contribution in [3.05, 3.63) is 34.9 Å². The van der Waals surface area contributed by atoms with Crippen molar-refractivity contribution in [1.82, 2.24) is 19.7 Å². The summed E-state index contributed by atoms with van der Waals surface area (Å²) >= 11 is 0. The Morgan fingerprint density at radius 2 is 1.44 bits per heavy atom. The van der Waals surface area contributed by atoms with E-state index in [9.17, 15) is 34.0 Å². The Balaban J connectivity index is 1.56. The Bertz CT molecular complexity index is 1590. The number of aromatic nitrogens is 2. The number of nitrogens with one attached hydrogen (secondary N) is 3. The zero-order valence-corrected chi connectivity index (χ0v) is 37.3. The largest absolute Gasteiger partial charge is 0.468 e. The van der Waals surface area contributed by atoms with Gasteiger partial charge in [-0.05, 0) is 62.8 Å². The third kappa shape index (κ3) is 15.2. The van der Waals surface area contributed by atoms with Crippen LogP contribution in [0.15, 0.2) is 29.2 Å². The standard InChI is InChI=1S/C42H72N5O11P/c1-8-9-10-11-12-13-14-15-16-17-18-19-20-21-22-23-36(48)43-35-24-25-47(40(52)44-35)41-29-42(41,53)58-34(37(41)49)28-57-59(54,45-32(26-30(2)3)38(50)55-6)46-33(27-31(4)5)39(51)56-7/h15-16,24-25,30-34,37,49,53H,8-14,17-23,26-29H2,1-7H3,(H2,45,46,54)(H,43,44,48,52). The summed E-state index contributed by atoms with van der Waals surface area (Å²) in [6.07, 6.45) is 18.6. The summed E-state index contributed by atoms with van der Waals surface area (Å²) < 4.78 is 37.0. The van der Waals surface area contributed by atoms with Gasteiger partial charge in [0.05, 0.1) is 20.8 Å². The van der Waals surface area contributed by atoms with Gasteiger partial charge in [0.2, 0.25) is 5.91 Å². The topological polar surface area (TPSA) is 217 Å². The monoisotopic (exact) mass is 853 g/mol. The first kappa shape index (κ1) is 50.4. The molecule has 5 N–H and O–H groups in total. The SMILES string of the molecule is CCCCCCCCC=CCCCCCCCC(=O)Nc1ccn(C23CC2(O)OC(COP(=O)(NC(CC(C)C)C(=O)OC)NC(CC(C)C)C(=O)OC)C3O)c(=O)n1. The molecule has 3 rings (SSSR count). The lowest BCUT2D eigenvalue weighted by molar-refractivity contribution is -0.152. The number of ether oxygens (including phenoxy) is 3. The summed E-state index contributed by atoms with van der Waals surface area (Å²) in [6, 6.07) is -0.784. The Labute approximate surface area is 350 Å². The number of allylic oxidation sites excluding steroid dienone is 2. The Morgan fingerprint density at radius 1 is 0.915 bits per heavy atom. The average Bonchev–Trinajstić information content (AvgIpc) is 3.74. The van der Waals surface area contributed by atoms with Crippen LogP contribution in [0.2, 0.25) is 0 Å². The number of carbonyl (C=O) groups is 3. The third-order valence-corrected chi connectivity index (χ3v) is 12.7. The first-order chi connectivity index (χ1) is 28.0. The van der Waals surface area contributed by atoms with E-state index in [4.69, 9.17) is 18.7 Å². The molecular weight excluding hydrogens is 781 g/mol. The van der Waals surface area contributed by atoms with Crippen molar-refractivity contribution in [3.8, 4) is 0 Å². The molecule has 2 aliphatic rings. The second-order valence-corrected chi connectivity index (χ2v) is 18.7. The van der Waals surface area contributed by atoms with Crippen LogP contribution in [0.4, 0.5) is 5.82 Å². The second kappa shape index (κ2) is 24.5. The van der Waals surface area contributed by atoms with Gasteiger partial charge >= 0.3 is 25.3 Å². The number of esters is 2. The molecular formula is C42H72N5O11P. The lowest BCUT2D eigenvalue weighted by Crippen LogP contribution is -2.47. The Kier molecular flexibility index (Phi) is 20.9. The van der Waals surface area contributed by atoms with E-state index < -0.39 is 67.5 Å². The van der Waals surface area contributed by atoms with Crippen molar-refractivity contribution in [3.63, 3.8) is 0 Å². The number of hydrogen-bond donors (Lipinski definition) is 5. The van der Waals surface area contributed by atoms with Crippen LogP contribution in [0, 0.1) is 11.8 Å². The number of carbonyl (C=O) groups excluding carboxylic acids is 3. The molecule has 1 aliphatic heterocycles. The molecule has 59 heavy (non-hydrogen) atoms. The molecule has 1 amide bonds. The molecule has 0 aromatic carbocycles. The van der Waals surface area contributed by atoms with Crippen LogP contribution in [0.3, 0.4) is 0 Å². The van der Waals surface area contributed by atoms with Crippen LogP contribution in [-0.2, 0) is 43.2 Å². The molecule has 1 aromatic rings. The quantitative estimate of drug-likeness (QED) is 0.0251. The van der Waals surface area contributed by atoms with Crippen LogP contribution < -0.4 is 21.2 Å². The summed E-state index contributed by atoms with van der Waals surface area (Å²) in [7, 11) is -1.94. The van der Waals surface area contributed by atoms with Crippen LogP contribution in [0.5, 0.6) is 0 Å². The molecule has 6 unspecified atom stereocenters. The first-order valence-corrected chi connectivity index (χ1v) is 23.3. The predicted octanol–water partition coefficient (Wildman–Crippen LogP) is 6.25. The van der Waals surface area contributed by atoms with E-state index in [0.29, 0.717) is 6.42 Å². The molecule has 0 bridgehead atoms. The van der Waals surface area contributed by atoms with Crippen LogP contribution in [0.1, 0.15) is 144 Å². The molecule has 1 aromatic heterocycles. The number of anilines is 1. The Hall–Kier alpha value is -2.98. The smallest absolute Gasteiger partial charge is 0.350 e. The molecule has 17 heteroatoms. The van der Waals surface area contributed by atoms with Crippen LogP contribution in [-0.4, -0.2) is 88.5 Å². The van der Waals surface area contributed by atoms with E-state index >= 15 is 0 Å². The minimum absolute atomic E-state index is 0.0306. The lowest BCUT2D eigenvalue weighted by atomic mass is 10.0. The summed E-state index contributed by atoms with van der Waals surface area (Å²) in [5.41, 5.74) is -2.47. The van der Waals surface area contributed by atoms with Gasteiger partial charge in [-0.25, -0.2) is 15.0 Å². The molecule has 2 fully saturated rings. The number of aliphatic hydroxyl groups is 2. The van der Waals surface area contributed by atoms with E-state index in [0.717, 1.165) is 43.1 Å². The van der Waals surface area contributed by atoms with E-state index in [-0.39, 0.29) is 49.2 Å². The van der Waals surface area contributed by atoms with E-state index in [1.54, 1.807) is 0 Å². The van der Waals surface area contributed by atoms with Gasteiger partial charge in [-0.2, -0.15) is 4.98 Å². The number of fused-ring (bicyclic) bond motifs is 1. The number of unbranched alkanes of at least 4 members (excludes halogenated alkanes) is 11. The van der Waals surface area contributed by atoms with Gasteiger partial charge in [-0.15, -0.1) is 0 Å². The van der Waals surface area contributed by atoms with Gasteiger partial charge < -0.3 is 34.3 Å². The fraction of sp³-hybridized carbons (Fsp3) is 0.786. The second-order valence-electron chi connectivity index (χ2n) is 16.9. The van der Waals surface area contributed by atoms with Crippen LogP contribution in [0.25, 0.3) is 0 Å². The summed E-state index contributed by atoms with van der Waals surface area (Å²) in [4.78, 5) is 55.4. The normalized spacial score (nSPS) is 23.2. The van der Waals surface area contributed by atoms with Gasteiger partial charge in [-0.3, -0.25) is 23.5 Å². The summed E-state index contributed by atoms with van der Waals surface area (Å²) in [6.45, 7) is 9.10. The number of hydrogen-bond acceptors (Lipinski definition) is 12. The number of methoxy groups -OCH3 is 2. The maximum absolute atomic E-state index is 14.4. The highest BCUT2D eigenvalue weighted by Gasteiger charge is 2.81. The van der Waals surface area contributed by atoms with Gasteiger partial charge in [0.1, 0.15) is 35.6 Å². The number of nitrogens with zero attached hydrogens (tertiary/aromatic N) is 2. The molecule has 2 heterocycles. The van der Waals surface area contributed by atoms with Gasteiger partial charge in [0.25, 0.3) is 0 Å². The van der Waals surface area contributed by atoms with Crippen LogP contribution >= 0.6 is 7.67 Å². The fourth-order valence-corrected chi connectivity index (χ4v) is 9.46. The minimum atomic E-state index is -4.33. The average molecular weight is 854 g/mol. The van der Waals surface area contributed by atoms with Crippen molar-refractivity contribution in [2.24, 2.45) is 11.8 Å². The molecule has 0 spiro atoms. The maximum Gasteiger partial charge on any atom is 0.350 e. The van der Waals surface area contributed by atoms with Crippen molar-refractivity contribution in [2.45, 2.75) is 179 Å². The summed E-state index contributed by atoms with van der Waals surface area (Å²) in [5.74, 6) is -3.68. The van der Waals surface area contributed by atoms with Gasteiger partial charge in [-0.1, -0.05) is 98.1 Å². The third-order valence-electron chi connectivity index (χ3n) is 10.9. The lowest BCUT2D eigenvalue weighted by Gasteiger charge is -2.30.